The van der Waals surface area contributed by atoms with Crippen molar-refractivity contribution >= 4 is 28.3 Å². The van der Waals surface area contributed by atoms with E-state index in [0.717, 1.165) is 27.6 Å². The molecule has 0 saturated carbocycles. The van der Waals surface area contributed by atoms with E-state index < -0.39 is 0 Å². The third-order valence-electron chi connectivity index (χ3n) is 3.54. The average molecular weight is 300 g/mol. The van der Waals surface area contributed by atoms with Crippen LogP contribution in [-0.2, 0) is 0 Å². The number of nitrogen functional groups attached to an aromatic ring is 1. The maximum Gasteiger partial charge on any atom is 0.134 e. The monoisotopic (exact) mass is 299 g/mol. The summed E-state index contributed by atoms with van der Waals surface area (Å²) in [5.41, 5.74) is 9.67. The quantitative estimate of drug-likeness (QED) is 0.781. The number of nitrogens with zero attached hydrogens (tertiary/aromatic N) is 2. The highest BCUT2D eigenvalue weighted by molar-refractivity contribution is 6.31. The summed E-state index contributed by atoms with van der Waals surface area (Å²) >= 11 is 6.23. The first-order valence-electron chi connectivity index (χ1n) is 6.45. The second-order valence-electron chi connectivity index (χ2n) is 4.74. The molecular formula is C16H14ClN3O. The van der Waals surface area contributed by atoms with Gasteiger partial charge in [0.1, 0.15) is 17.9 Å². The van der Waals surface area contributed by atoms with Gasteiger partial charge in [0.2, 0.25) is 0 Å². The van der Waals surface area contributed by atoms with Crippen molar-refractivity contribution in [2.75, 3.05) is 12.8 Å². The van der Waals surface area contributed by atoms with E-state index in [1.54, 1.807) is 7.11 Å². The molecule has 2 aromatic carbocycles. The van der Waals surface area contributed by atoms with Gasteiger partial charge < -0.3 is 10.5 Å². The summed E-state index contributed by atoms with van der Waals surface area (Å²) in [6, 6.07) is 9.57. The van der Waals surface area contributed by atoms with Crippen molar-refractivity contribution in [1.82, 2.24) is 9.97 Å². The summed E-state index contributed by atoms with van der Waals surface area (Å²) in [5, 5.41) is 1.48. The van der Waals surface area contributed by atoms with Crippen LogP contribution in [0.2, 0.25) is 5.02 Å². The number of halogens is 1. The minimum Gasteiger partial charge on any atom is -0.497 e. The molecule has 0 radical (unpaired) electrons. The fourth-order valence-electron chi connectivity index (χ4n) is 2.38. The molecule has 0 fully saturated rings. The maximum atomic E-state index is 6.23. The maximum absolute atomic E-state index is 6.23. The predicted octanol–water partition coefficient (Wildman–Crippen LogP) is 3.85. The number of rotatable bonds is 2. The van der Waals surface area contributed by atoms with Crippen molar-refractivity contribution < 1.29 is 4.74 Å². The first-order chi connectivity index (χ1) is 10.1. The highest BCUT2D eigenvalue weighted by Crippen LogP contribution is 2.36. The second kappa shape index (κ2) is 5.22. The summed E-state index contributed by atoms with van der Waals surface area (Å²) in [7, 11) is 1.62. The topological polar surface area (TPSA) is 61.0 Å². The van der Waals surface area contributed by atoms with Crippen LogP contribution in [0, 0.1) is 6.92 Å². The van der Waals surface area contributed by atoms with Crippen LogP contribution in [0.5, 0.6) is 5.75 Å². The molecule has 0 aliphatic rings. The Morgan fingerprint density at radius 1 is 1.14 bits per heavy atom. The molecule has 0 atom stereocenters. The first-order valence-corrected chi connectivity index (χ1v) is 6.83. The number of anilines is 1. The van der Waals surface area contributed by atoms with Gasteiger partial charge in [-0.15, -0.1) is 0 Å². The number of aromatic nitrogens is 2. The Kier molecular flexibility index (Phi) is 3.39. The van der Waals surface area contributed by atoms with Crippen LogP contribution in [0.3, 0.4) is 0 Å². The molecule has 1 heterocycles. The van der Waals surface area contributed by atoms with Gasteiger partial charge >= 0.3 is 0 Å². The summed E-state index contributed by atoms with van der Waals surface area (Å²) in [6.07, 6.45) is 1.47. The molecular weight excluding hydrogens is 286 g/mol. The van der Waals surface area contributed by atoms with Crippen LogP contribution in [-0.4, -0.2) is 17.1 Å². The number of hydrogen-bond donors (Lipinski definition) is 1. The van der Waals surface area contributed by atoms with E-state index in [1.165, 1.54) is 6.33 Å². The zero-order chi connectivity index (χ0) is 15.0. The van der Waals surface area contributed by atoms with Crippen molar-refractivity contribution in [2.45, 2.75) is 6.92 Å². The molecule has 1 aromatic heterocycles. The smallest absolute Gasteiger partial charge is 0.134 e. The molecule has 106 valence electrons. The predicted molar refractivity (Wildman–Crippen MR) is 85.7 cm³/mol. The second-order valence-corrected chi connectivity index (χ2v) is 5.15. The number of nitrogens with two attached hydrogens (primary N) is 1. The Morgan fingerprint density at radius 2 is 1.95 bits per heavy atom. The lowest BCUT2D eigenvalue weighted by molar-refractivity contribution is 0.415. The Bertz CT molecular complexity index is 833. The number of hydrogen-bond acceptors (Lipinski definition) is 4. The summed E-state index contributed by atoms with van der Waals surface area (Å²) in [5.74, 6) is 1.14. The van der Waals surface area contributed by atoms with Crippen molar-refractivity contribution in [1.29, 1.82) is 0 Å². The van der Waals surface area contributed by atoms with Gasteiger partial charge in [0, 0.05) is 16.0 Å². The zero-order valence-electron chi connectivity index (χ0n) is 11.7. The van der Waals surface area contributed by atoms with E-state index in [0.29, 0.717) is 16.6 Å². The Labute approximate surface area is 127 Å². The Morgan fingerprint density at radius 3 is 2.71 bits per heavy atom. The van der Waals surface area contributed by atoms with Crippen LogP contribution in [0.25, 0.3) is 22.0 Å². The van der Waals surface area contributed by atoms with Crippen molar-refractivity contribution in [3.8, 4) is 16.9 Å². The number of methoxy groups -OCH3 is 1. The molecule has 5 heteroatoms. The van der Waals surface area contributed by atoms with Crippen molar-refractivity contribution in [3.63, 3.8) is 0 Å². The van der Waals surface area contributed by atoms with Gasteiger partial charge in [-0.2, -0.15) is 0 Å². The zero-order valence-corrected chi connectivity index (χ0v) is 12.5. The molecule has 0 amide bonds. The van der Waals surface area contributed by atoms with Gasteiger partial charge in [-0.1, -0.05) is 23.7 Å². The molecule has 0 unspecified atom stereocenters. The largest absolute Gasteiger partial charge is 0.497 e. The minimum absolute atomic E-state index is 0.430. The molecule has 0 spiro atoms. The molecule has 0 aliphatic carbocycles. The van der Waals surface area contributed by atoms with E-state index >= 15 is 0 Å². The van der Waals surface area contributed by atoms with E-state index in [-0.39, 0.29) is 0 Å². The molecule has 3 aromatic rings. The normalized spacial score (nSPS) is 10.8. The summed E-state index contributed by atoms with van der Waals surface area (Å²) < 4.78 is 5.37. The molecule has 0 aliphatic heterocycles. The summed E-state index contributed by atoms with van der Waals surface area (Å²) in [4.78, 5) is 8.42. The molecule has 4 nitrogen and oxygen atoms in total. The van der Waals surface area contributed by atoms with Crippen molar-refractivity contribution in [2.24, 2.45) is 0 Å². The van der Waals surface area contributed by atoms with E-state index in [9.17, 15) is 0 Å². The van der Waals surface area contributed by atoms with Gasteiger partial charge in [-0.05, 0) is 36.2 Å². The SMILES string of the molecule is COc1cc(-c2cccc(Cl)c2C)c2ncnc(N)c2c1. The van der Waals surface area contributed by atoms with E-state index in [2.05, 4.69) is 9.97 Å². The molecule has 3 rings (SSSR count). The van der Waals surface area contributed by atoms with Crippen LogP contribution >= 0.6 is 11.6 Å². The van der Waals surface area contributed by atoms with Gasteiger partial charge in [0.15, 0.2) is 0 Å². The number of ether oxygens (including phenoxy) is 1. The fourth-order valence-corrected chi connectivity index (χ4v) is 2.56. The fraction of sp³-hybridized carbons (Fsp3) is 0.125. The molecule has 21 heavy (non-hydrogen) atoms. The van der Waals surface area contributed by atoms with Gasteiger partial charge in [-0.3, -0.25) is 0 Å². The average Bonchev–Trinajstić information content (AvgIpc) is 2.50. The first kappa shape index (κ1) is 13.6. The van der Waals surface area contributed by atoms with E-state index in [1.807, 2.05) is 37.3 Å². The summed E-state index contributed by atoms with van der Waals surface area (Å²) in [6.45, 7) is 1.98. The van der Waals surface area contributed by atoms with Gasteiger partial charge in [0.05, 0.1) is 12.6 Å². The molecule has 0 bridgehead atoms. The van der Waals surface area contributed by atoms with Gasteiger partial charge in [0.25, 0.3) is 0 Å². The lowest BCUT2D eigenvalue weighted by Gasteiger charge is -2.13. The third-order valence-corrected chi connectivity index (χ3v) is 3.95. The van der Waals surface area contributed by atoms with Crippen molar-refractivity contribution in [3.05, 3.63) is 47.2 Å². The standard InChI is InChI=1S/C16H14ClN3O/c1-9-11(4-3-5-14(9)17)12-6-10(21-2)7-13-15(12)19-8-20-16(13)18/h3-8H,1-2H3,(H2,18,19,20). The van der Waals surface area contributed by atoms with Crippen LogP contribution in [0.15, 0.2) is 36.7 Å². The number of benzene rings is 2. The Hall–Kier alpha value is -2.33. The van der Waals surface area contributed by atoms with Crippen LogP contribution in [0.1, 0.15) is 5.56 Å². The highest BCUT2D eigenvalue weighted by Gasteiger charge is 2.13. The lowest BCUT2D eigenvalue weighted by atomic mass is 9.97. The minimum atomic E-state index is 0.430. The van der Waals surface area contributed by atoms with E-state index in [4.69, 9.17) is 22.1 Å². The van der Waals surface area contributed by atoms with Crippen LogP contribution < -0.4 is 10.5 Å². The highest BCUT2D eigenvalue weighted by atomic mass is 35.5. The molecule has 2 N–H and O–H groups in total. The van der Waals surface area contributed by atoms with Gasteiger partial charge in [-0.25, -0.2) is 9.97 Å². The third kappa shape index (κ3) is 2.28. The number of fused-ring (bicyclic) bond motifs is 1. The van der Waals surface area contributed by atoms with Crippen LogP contribution in [0.4, 0.5) is 5.82 Å². The Balaban J connectivity index is 2.41. The lowest BCUT2D eigenvalue weighted by Crippen LogP contribution is -1.97. The molecule has 0 saturated heterocycles.